The van der Waals surface area contributed by atoms with Crippen molar-refractivity contribution < 1.29 is 14.8 Å². The summed E-state index contributed by atoms with van der Waals surface area (Å²) in [6.45, 7) is 3.41. The Balaban J connectivity index is 1.62. The Morgan fingerprint density at radius 2 is 2.08 bits per heavy atom. The van der Waals surface area contributed by atoms with Crippen molar-refractivity contribution >= 4 is 33.2 Å². The van der Waals surface area contributed by atoms with E-state index in [1.807, 2.05) is 31.2 Å². The lowest BCUT2D eigenvalue weighted by molar-refractivity contribution is 0.0692. The first kappa shape index (κ1) is 15.8. The van der Waals surface area contributed by atoms with Gasteiger partial charge in [-0.2, -0.15) is 5.10 Å². The highest BCUT2D eigenvalue weighted by Crippen LogP contribution is 2.32. The van der Waals surface area contributed by atoms with Crippen molar-refractivity contribution in [2.45, 2.75) is 20.0 Å². The highest BCUT2D eigenvalue weighted by molar-refractivity contribution is 7.21. The van der Waals surface area contributed by atoms with Crippen LogP contribution in [0.15, 0.2) is 30.3 Å². The van der Waals surface area contributed by atoms with Crippen molar-refractivity contribution in [3.05, 3.63) is 52.2 Å². The zero-order valence-electron chi connectivity index (χ0n) is 13.5. The van der Waals surface area contributed by atoms with Gasteiger partial charge in [-0.05, 0) is 30.0 Å². The van der Waals surface area contributed by atoms with E-state index in [1.165, 1.54) is 11.3 Å². The Hall–Kier alpha value is -2.71. The number of hydrogen-bond acceptors (Lipinski definition) is 5. The molecule has 4 rings (SSSR count). The number of hydroxylamine groups is 1. The second-order valence-electron chi connectivity index (χ2n) is 5.96. The van der Waals surface area contributed by atoms with Gasteiger partial charge in [0.15, 0.2) is 5.69 Å². The number of nitrogens with zero attached hydrogens (tertiary/aromatic N) is 3. The average Bonchev–Trinajstić information content (AvgIpc) is 3.21. The number of hydrogen-bond donors (Lipinski definition) is 2. The molecule has 25 heavy (non-hydrogen) atoms. The molecule has 3 heterocycles. The van der Waals surface area contributed by atoms with Gasteiger partial charge in [0.05, 0.1) is 23.7 Å². The molecule has 0 unspecified atom stereocenters. The SMILES string of the molecule is Cc1c(C(=O)N2CCn3nc(C(=O)NO)cc3C2)sc2ccccc12. The van der Waals surface area contributed by atoms with Crippen LogP contribution in [0.2, 0.25) is 0 Å². The molecule has 0 spiro atoms. The molecule has 0 saturated heterocycles. The summed E-state index contributed by atoms with van der Waals surface area (Å²) in [7, 11) is 0. The van der Waals surface area contributed by atoms with E-state index in [4.69, 9.17) is 5.21 Å². The Morgan fingerprint density at radius 3 is 2.84 bits per heavy atom. The van der Waals surface area contributed by atoms with Crippen molar-refractivity contribution in [3.8, 4) is 0 Å². The molecule has 2 aromatic heterocycles. The predicted molar refractivity (Wildman–Crippen MR) is 92.8 cm³/mol. The summed E-state index contributed by atoms with van der Waals surface area (Å²) in [6, 6.07) is 9.60. The van der Waals surface area contributed by atoms with Gasteiger partial charge >= 0.3 is 0 Å². The first-order valence-corrected chi connectivity index (χ1v) is 8.68. The number of benzene rings is 1. The fraction of sp³-hybridized carbons (Fsp3) is 0.235. The van der Waals surface area contributed by atoms with Gasteiger partial charge in [0.2, 0.25) is 0 Å². The summed E-state index contributed by atoms with van der Waals surface area (Å²) < 4.78 is 2.80. The molecule has 2 amide bonds. The summed E-state index contributed by atoms with van der Waals surface area (Å²) in [5, 5.41) is 14.0. The molecule has 0 bridgehead atoms. The van der Waals surface area contributed by atoms with Gasteiger partial charge < -0.3 is 4.90 Å². The Bertz CT molecular complexity index is 991. The normalized spacial score (nSPS) is 13.8. The molecule has 1 aliphatic heterocycles. The fourth-order valence-corrected chi connectivity index (χ4v) is 4.31. The third-order valence-corrected chi connectivity index (χ3v) is 5.72. The number of rotatable bonds is 2. The fourth-order valence-electron chi connectivity index (χ4n) is 3.13. The van der Waals surface area contributed by atoms with Gasteiger partial charge in [-0.1, -0.05) is 18.2 Å². The van der Waals surface area contributed by atoms with E-state index in [0.29, 0.717) is 19.6 Å². The minimum atomic E-state index is -0.653. The lowest BCUT2D eigenvalue weighted by atomic mass is 10.1. The summed E-state index contributed by atoms with van der Waals surface area (Å²) in [5.74, 6) is -0.653. The van der Waals surface area contributed by atoms with Crippen LogP contribution in [0.4, 0.5) is 0 Å². The lowest BCUT2D eigenvalue weighted by Crippen LogP contribution is -2.38. The molecule has 0 aliphatic carbocycles. The average molecular weight is 356 g/mol. The quantitative estimate of drug-likeness (QED) is 0.544. The molecule has 0 fully saturated rings. The smallest absolute Gasteiger partial charge is 0.295 e. The van der Waals surface area contributed by atoms with E-state index in [9.17, 15) is 9.59 Å². The second kappa shape index (κ2) is 5.98. The number of nitrogens with one attached hydrogen (secondary N) is 1. The highest BCUT2D eigenvalue weighted by atomic mass is 32.1. The van der Waals surface area contributed by atoms with Crippen LogP contribution in [0.5, 0.6) is 0 Å². The van der Waals surface area contributed by atoms with E-state index in [1.54, 1.807) is 21.1 Å². The number of aromatic nitrogens is 2. The molecule has 1 aromatic carbocycles. The summed E-state index contributed by atoms with van der Waals surface area (Å²) in [4.78, 5) is 27.0. The Kier molecular flexibility index (Phi) is 3.78. The minimum Gasteiger partial charge on any atom is -0.330 e. The van der Waals surface area contributed by atoms with Gasteiger partial charge in [-0.25, -0.2) is 5.48 Å². The van der Waals surface area contributed by atoms with Crippen LogP contribution < -0.4 is 5.48 Å². The van der Waals surface area contributed by atoms with Gasteiger partial charge in [0.1, 0.15) is 0 Å². The second-order valence-corrected chi connectivity index (χ2v) is 7.02. The molecule has 1 aliphatic rings. The largest absolute Gasteiger partial charge is 0.330 e. The molecular weight excluding hydrogens is 340 g/mol. The van der Waals surface area contributed by atoms with E-state index < -0.39 is 5.91 Å². The highest BCUT2D eigenvalue weighted by Gasteiger charge is 2.27. The van der Waals surface area contributed by atoms with Crippen LogP contribution in [0.25, 0.3) is 10.1 Å². The summed E-state index contributed by atoms with van der Waals surface area (Å²) >= 11 is 1.51. The number of thiophene rings is 1. The molecule has 3 aromatic rings. The third kappa shape index (κ3) is 2.59. The molecule has 128 valence electrons. The molecule has 0 radical (unpaired) electrons. The molecular formula is C17H16N4O3S. The predicted octanol–water partition coefficient (Wildman–Crippen LogP) is 2.18. The van der Waals surface area contributed by atoms with Crippen molar-refractivity contribution in [1.82, 2.24) is 20.2 Å². The Morgan fingerprint density at radius 1 is 1.28 bits per heavy atom. The van der Waals surface area contributed by atoms with Crippen LogP contribution in [0, 0.1) is 6.92 Å². The van der Waals surface area contributed by atoms with Crippen LogP contribution in [-0.4, -0.2) is 38.2 Å². The van der Waals surface area contributed by atoms with E-state index in [2.05, 4.69) is 5.10 Å². The number of amides is 2. The van der Waals surface area contributed by atoms with Crippen LogP contribution in [0.3, 0.4) is 0 Å². The van der Waals surface area contributed by atoms with E-state index in [0.717, 1.165) is 26.2 Å². The molecule has 7 nitrogen and oxygen atoms in total. The summed E-state index contributed by atoms with van der Waals surface area (Å²) in [5.41, 5.74) is 3.50. The minimum absolute atomic E-state index is 0.000639. The number of aryl methyl sites for hydroxylation is 1. The zero-order chi connectivity index (χ0) is 17.6. The van der Waals surface area contributed by atoms with Gasteiger partial charge in [0, 0.05) is 11.2 Å². The van der Waals surface area contributed by atoms with Crippen LogP contribution >= 0.6 is 11.3 Å². The van der Waals surface area contributed by atoms with Gasteiger partial charge in [-0.15, -0.1) is 11.3 Å². The van der Waals surface area contributed by atoms with Gasteiger partial charge in [0.25, 0.3) is 11.8 Å². The van der Waals surface area contributed by atoms with Crippen molar-refractivity contribution in [3.63, 3.8) is 0 Å². The first-order valence-electron chi connectivity index (χ1n) is 7.87. The van der Waals surface area contributed by atoms with Crippen molar-refractivity contribution in [2.75, 3.05) is 6.54 Å². The molecule has 8 heteroatoms. The number of fused-ring (bicyclic) bond motifs is 2. The Labute approximate surface area is 147 Å². The van der Waals surface area contributed by atoms with E-state index in [-0.39, 0.29) is 11.6 Å². The van der Waals surface area contributed by atoms with Crippen LogP contribution in [-0.2, 0) is 13.1 Å². The van der Waals surface area contributed by atoms with Crippen LogP contribution in [0.1, 0.15) is 31.4 Å². The standard InChI is InChI=1S/C17H16N4O3S/c1-10-12-4-2-3-5-14(12)25-15(10)17(23)20-6-7-21-11(9-20)8-13(18-21)16(22)19-24/h2-5,8,24H,6-7,9H2,1H3,(H,19,22). The molecule has 0 saturated carbocycles. The molecule has 0 atom stereocenters. The van der Waals surface area contributed by atoms with E-state index >= 15 is 0 Å². The number of carbonyl (C=O) groups is 2. The summed E-state index contributed by atoms with van der Waals surface area (Å²) in [6.07, 6.45) is 0. The van der Waals surface area contributed by atoms with Crippen molar-refractivity contribution in [2.24, 2.45) is 0 Å². The van der Waals surface area contributed by atoms with Gasteiger partial charge in [-0.3, -0.25) is 19.5 Å². The first-order chi connectivity index (χ1) is 12.1. The topological polar surface area (TPSA) is 87.5 Å². The lowest BCUT2D eigenvalue weighted by Gasteiger charge is -2.27. The third-order valence-electron chi connectivity index (χ3n) is 4.46. The molecule has 2 N–H and O–H groups in total. The maximum Gasteiger partial charge on any atom is 0.295 e. The van der Waals surface area contributed by atoms with Crippen molar-refractivity contribution in [1.29, 1.82) is 0 Å². The monoisotopic (exact) mass is 356 g/mol. The zero-order valence-corrected chi connectivity index (χ0v) is 14.3. The number of carbonyl (C=O) groups excluding carboxylic acids is 2. The maximum atomic E-state index is 13.0. The maximum absolute atomic E-state index is 13.0.